The second-order valence-corrected chi connectivity index (χ2v) is 7.17. The van der Waals surface area contributed by atoms with Crippen molar-refractivity contribution < 1.29 is 0 Å². The van der Waals surface area contributed by atoms with Crippen molar-refractivity contribution in [3.05, 3.63) is 0 Å². The summed E-state index contributed by atoms with van der Waals surface area (Å²) < 4.78 is 0. The second-order valence-electron chi connectivity index (χ2n) is 7.17. The van der Waals surface area contributed by atoms with Gasteiger partial charge in [-0.2, -0.15) is 0 Å². The molecular weight excluding hydrogens is 204 g/mol. The van der Waals surface area contributed by atoms with E-state index in [1.807, 2.05) is 13.8 Å². The predicted molar refractivity (Wildman–Crippen MR) is 73.7 cm³/mol. The molecule has 0 N–H and O–H groups in total. The average Bonchev–Trinajstić information content (AvgIpc) is 3.03. The Morgan fingerprint density at radius 3 is 1.59 bits per heavy atom. The Hall–Kier alpha value is 0. The van der Waals surface area contributed by atoms with Crippen molar-refractivity contribution in [1.29, 1.82) is 0 Å². The molecule has 0 heterocycles. The van der Waals surface area contributed by atoms with E-state index >= 15 is 0 Å². The molecule has 0 aliphatic heterocycles. The van der Waals surface area contributed by atoms with Gasteiger partial charge in [0.15, 0.2) is 0 Å². The third kappa shape index (κ3) is 1.48. The van der Waals surface area contributed by atoms with E-state index in [0.717, 1.165) is 23.7 Å². The van der Waals surface area contributed by atoms with Gasteiger partial charge in [-0.3, -0.25) is 0 Å². The molecule has 8 unspecified atom stereocenters. The van der Waals surface area contributed by atoms with Crippen molar-refractivity contribution in [3.63, 3.8) is 0 Å². The van der Waals surface area contributed by atoms with Gasteiger partial charge < -0.3 is 0 Å². The first-order valence-corrected chi connectivity index (χ1v) is 8.27. The molecule has 98 valence electrons. The van der Waals surface area contributed by atoms with Gasteiger partial charge in [0.2, 0.25) is 0 Å². The molecular formula is C17H30. The Balaban J connectivity index is 0.000000431. The monoisotopic (exact) mass is 234 g/mol. The highest BCUT2D eigenvalue weighted by atomic mass is 14.7. The molecule has 0 saturated heterocycles. The minimum Gasteiger partial charge on any atom is -0.0683 e. The van der Waals surface area contributed by atoms with E-state index in [9.17, 15) is 0 Å². The quantitative estimate of drug-likeness (QED) is 0.554. The zero-order valence-corrected chi connectivity index (χ0v) is 12.2. The van der Waals surface area contributed by atoms with Crippen molar-refractivity contribution in [3.8, 4) is 0 Å². The molecule has 0 heteroatoms. The number of rotatable bonds is 0. The van der Waals surface area contributed by atoms with Crippen LogP contribution in [0.2, 0.25) is 0 Å². The summed E-state index contributed by atoms with van der Waals surface area (Å²) in [5, 5.41) is 0. The molecule has 17 heavy (non-hydrogen) atoms. The van der Waals surface area contributed by atoms with E-state index in [2.05, 4.69) is 13.8 Å². The molecule has 4 rings (SSSR count). The standard InChI is InChI=1S/C15H24.C2H6/c1-8-6-9(2)15-13-7-12(14(8)15)10-4-3-5-11(10)13;1-2/h8-15H,3-7H2,1-2H3;1-2H3. The molecule has 8 atom stereocenters. The van der Waals surface area contributed by atoms with Gasteiger partial charge in [0.25, 0.3) is 0 Å². The molecule has 0 radical (unpaired) electrons. The van der Waals surface area contributed by atoms with Gasteiger partial charge in [0.05, 0.1) is 0 Å². The molecule has 0 aromatic rings. The first kappa shape index (κ1) is 12.1. The fraction of sp³-hybridized carbons (Fsp3) is 1.00. The lowest BCUT2D eigenvalue weighted by Crippen LogP contribution is -2.32. The van der Waals surface area contributed by atoms with Crippen molar-refractivity contribution >= 4 is 0 Å². The maximum Gasteiger partial charge on any atom is -0.0323 e. The Kier molecular flexibility index (Phi) is 3.04. The van der Waals surface area contributed by atoms with Gasteiger partial charge in [-0.05, 0) is 73.0 Å². The molecule has 4 saturated carbocycles. The lowest BCUT2D eigenvalue weighted by Gasteiger charge is -2.37. The van der Waals surface area contributed by atoms with Crippen molar-refractivity contribution in [1.82, 2.24) is 0 Å². The summed E-state index contributed by atoms with van der Waals surface area (Å²) in [4.78, 5) is 0. The SMILES string of the molecule is CC.CC1CC(C)C2C3CC(C4CCCC43)C12. The van der Waals surface area contributed by atoms with Crippen LogP contribution in [-0.2, 0) is 0 Å². The van der Waals surface area contributed by atoms with Crippen molar-refractivity contribution in [2.45, 2.75) is 59.8 Å². The molecule has 0 aromatic carbocycles. The van der Waals surface area contributed by atoms with Crippen LogP contribution in [0, 0.1) is 47.3 Å². The van der Waals surface area contributed by atoms with Gasteiger partial charge in [-0.25, -0.2) is 0 Å². The topological polar surface area (TPSA) is 0 Å². The Labute approximate surface area is 108 Å². The lowest BCUT2D eigenvalue weighted by atomic mass is 9.68. The Morgan fingerprint density at radius 2 is 1.12 bits per heavy atom. The van der Waals surface area contributed by atoms with Gasteiger partial charge in [0, 0.05) is 0 Å². The zero-order valence-electron chi connectivity index (χ0n) is 12.2. The summed E-state index contributed by atoms with van der Waals surface area (Å²) in [5.74, 6) is 9.14. The minimum atomic E-state index is 1.06. The van der Waals surface area contributed by atoms with E-state index in [-0.39, 0.29) is 0 Å². The summed E-state index contributed by atoms with van der Waals surface area (Å²) in [6.45, 7) is 9.09. The highest BCUT2D eigenvalue weighted by Gasteiger charge is 2.62. The lowest BCUT2D eigenvalue weighted by molar-refractivity contribution is 0.104. The Bertz CT molecular complexity index is 256. The number of hydrogen-bond acceptors (Lipinski definition) is 0. The fourth-order valence-electron chi connectivity index (χ4n) is 6.70. The van der Waals surface area contributed by atoms with E-state index in [0.29, 0.717) is 0 Å². The van der Waals surface area contributed by atoms with Crippen LogP contribution >= 0.6 is 0 Å². The molecule has 2 bridgehead atoms. The van der Waals surface area contributed by atoms with E-state index in [1.165, 1.54) is 23.7 Å². The van der Waals surface area contributed by atoms with Crippen LogP contribution < -0.4 is 0 Å². The van der Waals surface area contributed by atoms with E-state index < -0.39 is 0 Å². The van der Waals surface area contributed by atoms with E-state index in [4.69, 9.17) is 0 Å². The highest BCUT2D eigenvalue weighted by Crippen LogP contribution is 2.69. The summed E-state index contributed by atoms with van der Waals surface area (Å²) in [6, 6.07) is 0. The molecule has 0 nitrogen and oxygen atoms in total. The zero-order chi connectivity index (χ0) is 12.2. The smallest absolute Gasteiger partial charge is 0.0323 e. The maximum absolute atomic E-state index is 2.55. The molecule has 4 aliphatic rings. The van der Waals surface area contributed by atoms with Crippen molar-refractivity contribution in [2.24, 2.45) is 47.3 Å². The summed E-state index contributed by atoms with van der Waals surface area (Å²) in [7, 11) is 0. The first-order valence-electron chi connectivity index (χ1n) is 8.27. The maximum atomic E-state index is 2.55. The van der Waals surface area contributed by atoms with Crippen LogP contribution in [-0.4, -0.2) is 0 Å². The summed E-state index contributed by atoms with van der Waals surface area (Å²) in [6.07, 6.45) is 7.93. The van der Waals surface area contributed by atoms with E-state index in [1.54, 1.807) is 32.1 Å². The first-order chi connectivity index (χ1) is 8.27. The van der Waals surface area contributed by atoms with Crippen LogP contribution in [0.4, 0.5) is 0 Å². The molecule has 0 amide bonds. The van der Waals surface area contributed by atoms with Crippen LogP contribution in [0.1, 0.15) is 59.8 Å². The number of fused-ring (bicyclic) bond motifs is 8. The summed E-state index contributed by atoms with van der Waals surface area (Å²) in [5.41, 5.74) is 0. The molecule has 0 aromatic heterocycles. The fourth-order valence-corrected chi connectivity index (χ4v) is 6.70. The largest absolute Gasteiger partial charge is 0.0683 e. The minimum absolute atomic E-state index is 1.06. The average molecular weight is 234 g/mol. The predicted octanol–water partition coefficient (Wildman–Crippen LogP) is 4.99. The summed E-state index contributed by atoms with van der Waals surface area (Å²) >= 11 is 0. The molecule has 4 fully saturated rings. The third-order valence-corrected chi connectivity index (χ3v) is 6.76. The van der Waals surface area contributed by atoms with Crippen LogP contribution in [0.25, 0.3) is 0 Å². The third-order valence-electron chi connectivity index (χ3n) is 6.76. The Morgan fingerprint density at radius 1 is 0.647 bits per heavy atom. The number of hydrogen-bond donors (Lipinski definition) is 0. The van der Waals surface area contributed by atoms with Gasteiger partial charge in [-0.15, -0.1) is 0 Å². The molecule has 0 spiro atoms. The van der Waals surface area contributed by atoms with Crippen LogP contribution in [0.3, 0.4) is 0 Å². The molecule has 4 aliphatic carbocycles. The van der Waals surface area contributed by atoms with Gasteiger partial charge in [-0.1, -0.05) is 34.1 Å². The second kappa shape index (κ2) is 4.28. The van der Waals surface area contributed by atoms with Crippen molar-refractivity contribution in [2.75, 3.05) is 0 Å². The highest BCUT2D eigenvalue weighted by molar-refractivity contribution is 5.11. The van der Waals surface area contributed by atoms with Gasteiger partial charge in [0.1, 0.15) is 0 Å². The van der Waals surface area contributed by atoms with Crippen LogP contribution in [0.5, 0.6) is 0 Å². The normalized spacial score (nSPS) is 58.6. The van der Waals surface area contributed by atoms with Gasteiger partial charge >= 0.3 is 0 Å². The van der Waals surface area contributed by atoms with Crippen LogP contribution in [0.15, 0.2) is 0 Å².